The second kappa shape index (κ2) is 4.04. The number of aromatic nitrogens is 2. The maximum absolute atomic E-state index is 12.7. The van der Waals surface area contributed by atoms with Crippen LogP contribution in [0, 0.1) is 13.8 Å². The third-order valence-electron chi connectivity index (χ3n) is 2.64. The fraction of sp³-hybridized carbons (Fsp3) is 0.250. The van der Waals surface area contributed by atoms with Crippen molar-refractivity contribution in [3.63, 3.8) is 0 Å². The van der Waals surface area contributed by atoms with Gasteiger partial charge < -0.3 is 10.7 Å². The summed E-state index contributed by atoms with van der Waals surface area (Å²) in [6, 6.07) is 3.81. The van der Waals surface area contributed by atoms with Crippen LogP contribution in [0.3, 0.4) is 0 Å². The zero-order valence-corrected chi connectivity index (χ0v) is 9.89. The molecule has 0 bridgehead atoms. The fourth-order valence-electron chi connectivity index (χ4n) is 1.84. The predicted molar refractivity (Wildman–Crippen MR) is 62.9 cm³/mol. The van der Waals surface area contributed by atoms with E-state index < -0.39 is 11.7 Å². The summed E-state index contributed by atoms with van der Waals surface area (Å²) in [5, 5.41) is 0. The van der Waals surface area contributed by atoms with Crippen LogP contribution in [-0.4, -0.2) is 9.97 Å². The summed E-state index contributed by atoms with van der Waals surface area (Å²) in [4.78, 5) is 7.12. The lowest BCUT2D eigenvalue weighted by molar-refractivity contribution is -0.136. The molecular weight excluding hydrogens is 243 g/mol. The van der Waals surface area contributed by atoms with Crippen molar-refractivity contribution >= 4 is 5.69 Å². The Morgan fingerprint density at radius 2 is 1.89 bits per heavy atom. The second-order valence-corrected chi connectivity index (χ2v) is 4.10. The van der Waals surface area contributed by atoms with E-state index in [2.05, 4.69) is 9.97 Å². The number of halogens is 3. The van der Waals surface area contributed by atoms with Gasteiger partial charge in [-0.1, -0.05) is 6.07 Å². The van der Waals surface area contributed by atoms with Crippen LogP contribution >= 0.6 is 0 Å². The number of imidazole rings is 1. The van der Waals surface area contributed by atoms with Crippen LogP contribution in [0.15, 0.2) is 18.2 Å². The third-order valence-corrected chi connectivity index (χ3v) is 2.64. The predicted octanol–water partition coefficient (Wildman–Crippen LogP) is 3.29. The topological polar surface area (TPSA) is 54.7 Å². The number of hydrogen-bond acceptors (Lipinski definition) is 2. The van der Waals surface area contributed by atoms with Crippen molar-refractivity contribution in [1.29, 1.82) is 0 Å². The molecule has 0 aliphatic heterocycles. The number of aryl methyl sites for hydroxylation is 2. The number of nitrogen functional groups attached to an aromatic ring is 1. The van der Waals surface area contributed by atoms with Gasteiger partial charge in [0.2, 0.25) is 0 Å². The highest BCUT2D eigenvalue weighted by Gasteiger charge is 2.33. The Morgan fingerprint density at radius 1 is 1.22 bits per heavy atom. The average Bonchev–Trinajstić information content (AvgIpc) is 2.57. The van der Waals surface area contributed by atoms with E-state index in [1.54, 1.807) is 13.8 Å². The monoisotopic (exact) mass is 255 g/mol. The molecule has 3 N–H and O–H groups in total. The number of alkyl halides is 3. The minimum Gasteiger partial charge on any atom is -0.398 e. The number of benzene rings is 1. The van der Waals surface area contributed by atoms with E-state index in [4.69, 9.17) is 5.73 Å². The van der Waals surface area contributed by atoms with Crippen LogP contribution in [0.4, 0.5) is 18.9 Å². The van der Waals surface area contributed by atoms with E-state index in [-0.39, 0.29) is 5.69 Å². The molecule has 0 amide bonds. The zero-order chi connectivity index (χ0) is 13.5. The summed E-state index contributed by atoms with van der Waals surface area (Å²) in [6.45, 7) is 3.51. The molecule has 0 fully saturated rings. The molecule has 2 rings (SSSR count). The highest BCUT2D eigenvalue weighted by atomic mass is 19.4. The number of hydrogen-bond donors (Lipinski definition) is 2. The number of nitrogens with two attached hydrogens (primary N) is 1. The van der Waals surface area contributed by atoms with Gasteiger partial charge in [0.1, 0.15) is 5.82 Å². The van der Waals surface area contributed by atoms with E-state index in [1.165, 1.54) is 12.1 Å². The Kier molecular flexibility index (Phi) is 2.80. The van der Waals surface area contributed by atoms with E-state index in [0.717, 1.165) is 11.8 Å². The molecule has 0 aliphatic rings. The van der Waals surface area contributed by atoms with Gasteiger partial charge in [0, 0.05) is 16.9 Å². The number of anilines is 1. The van der Waals surface area contributed by atoms with E-state index in [0.29, 0.717) is 17.1 Å². The standard InChI is InChI=1S/C12H12F3N3/c1-6-11(18-7(2)17-6)8-3-4-10(16)9(5-8)12(13,14)15/h3-5H,16H2,1-2H3,(H,17,18). The molecule has 18 heavy (non-hydrogen) atoms. The Labute approximate surface area is 102 Å². The maximum Gasteiger partial charge on any atom is 0.418 e. The van der Waals surface area contributed by atoms with Gasteiger partial charge in [-0.25, -0.2) is 4.98 Å². The molecule has 0 unspecified atom stereocenters. The fourth-order valence-corrected chi connectivity index (χ4v) is 1.84. The molecule has 96 valence electrons. The number of nitrogens with one attached hydrogen (secondary N) is 1. The summed E-state index contributed by atoms with van der Waals surface area (Å²) >= 11 is 0. The Balaban J connectivity index is 2.57. The number of rotatable bonds is 1. The lowest BCUT2D eigenvalue weighted by atomic mass is 10.0. The van der Waals surface area contributed by atoms with Crippen molar-refractivity contribution in [1.82, 2.24) is 9.97 Å². The number of nitrogens with zero attached hydrogens (tertiary/aromatic N) is 1. The minimum atomic E-state index is -4.46. The maximum atomic E-state index is 12.7. The number of H-pyrrole nitrogens is 1. The van der Waals surface area contributed by atoms with Crippen LogP contribution in [0.5, 0.6) is 0 Å². The molecule has 6 heteroatoms. The largest absolute Gasteiger partial charge is 0.418 e. The van der Waals surface area contributed by atoms with E-state index in [9.17, 15) is 13.2 Å². The van der Waals surface area contributed by atoms with Crippen LogP contribution in [-0.2, 0) is 6.18 Å². The van der Waals surface area contributed by atoms with Gasteiger partial charge in [-0.2, -0.15) is 13.2 Å². The molecule has 0 saturated carbocycles. The Hall–Kier alpha value is -1.98. The molecule has 0 atom stereocenters. The van der Waals surface area contributed by atoms with Gasteiger partial charge in [0.25, 0.3) is 0 Å². The van der Waals surface area contributed by atoms with Crippen molar-refractivity contribution in [3.8, 4) is 11.3 Å². The van der Waals surface area contributed by atoms with Gasteiger partial charge in [0.15, 0.2) is 0 Å². The van der Waals surface area contributed by atoms with Gasteiger partial charge in [-0.15, -0.1) is 0 Å². The van der Waals surface area contributed by atoms with Gasteiger partial charge >= 0.3 is 6.18 Å². The SMILES string of the molecule is Cc1nc(-c2ccc(N)c(C(F)(F)F)c2)c(C)[nH]1. The van der Waals surface area contributed by atoms with Crippen molar-refractivity contribution in [2.75, 3.05) is 5.73 Å². The highest BCUT2D eigenvalue weighted by Crippen LogP contribution is 2.36. The van der Waals surface area contributed by atoms with Gasteiger partial charge in [-0.3, -0.25) is 0 Å². The lowest BCUT2D eigenvalue weighted by Gasteiger charge is -2.11. The average molecular weight is 255 g/mol. The quantitative estimate of drug-likeness (QED) is 0.768. The first kappa shape index (κ1) is 12.5. The summed E-state index contributed by atoms with van der Waals surface area (Å²) in [6.07, 6.45) is -4.46. The minimum absolute atomic E-state index is 0.281. The van der Waals surface area contributed by atoms with Crippen molar-refractivity contribution in [3.05, 3.63) is 35.3 Å². The smallest absolute Gasteiger partial charge is 0.398 e. The van der Waals surface area contributed by atoms with E-state index in [1.807, 2.05) is 0 Å². The summed E-state index contributed by atoms with van der Waals surface area (Å²) < 4.78 is 38.2. The van der Waals surface area contributed by atoms with Crippen LogP contribution in [0.1, 0.15) is 17.1 Å². The van der Waals surface area contributed by atoms with Crippen LogP contribution in [0.2, 0.25) is 0 Å². The van der Waals surface area contributed by atoms with E-state index >= 15 is 0 Å². The normalized spacial score (nSPS) is 11.8. The Bertz CT molecular complexity index is 585. The molecule has 3 nitrogen and oxygen atoms in total. The molecule has 2 aromatic rings. The third kappa shape index (κ3) is 2.18. The first-order valence-corrected chi connectivity index (χ1v) is 5.29. The highest BCUT2D eigenvalue weighted by molar-refractivity contribution is 5.67. The first-order valence-electron chi connectivity index (χ1n) is 5.29. The zero-order valence-electron chi connectivity index (χ0n) is 9.89. The molecule has 1 aromatic heterocycles. The molecule has 0 aliphatic carbocycles. The first-order chi connectivity index (χ1) is 8.29. The van der Waals surface area contributed by atoms with Crippen molar-refractivity contribution < 1.29 is 13.2 Å². The van der Waals surface area contributed by atoms with Crippen LogP contribution in [0.25, 0.3) is 11.3 Å². The molecule has 1 aromatic carbocycles. The molecule has 0 saturated heterocycles. The van der Waals surface area contributed by atoms with Crippen LogP contribution < -0.4 is 5.73 Å². The summed E-state index contributed by atoms with van der Waals surface area (Å²) in [5.41, 5.74) is 5.87. The molecule has 1 heterocycles. The molecule has 0 radical (unpaired) electrons. The number of aromatic amines is 1. The van der Waals surface area contributed by atoms with Crippen molar-refractivity contribution in [2.45, 2.75) is 20.0 Å². The van der Waals surface area contributed by atoms with Crippen molar-refractivity contribution in [2.24, 2.45) is 0 Å². The summed E-state index contributed by atoms with van der Waals surface area (Å²) in [5.74, 6) is 0.660. The lowest BCUT2D eigenvalue weighted by Crippen LogP contribution is -2.09. The second-order valence-electron chi connectivity index (χ2n) is 4.10. The molecule has 0 spiro atoms. The Morgan fingerprint density at radius 3 is 2.39 bits per heavy atom. The summed E-state index contributed by atoms with van der Waals surface area (Å²) in [7, 11) is 0. The molecular formula is C12H12F3N3. The van der Waals surface area contributed by atoms with Gasteiger partial charge in [0.05, 0.1) is 11.3 Å². The van der Waals surface area contributed by atoms with Gasteiger partial charge in [-0.05, 0) is 26.0 Å².